The van der Waals surface area contributed by atoms with Gasteiger partial charge in [-0.25, -0.2) is 24.3 Å². The third-order valence-corrected chi connectivity index (χ3v) is 12.4. The molecule has 10 rings (SSSR count). The second kappa shape index (κ2) is 13.6. The first-order chi connectivity index (χ1) is 25.9. The van der Waals surface area contributed by atoms with E-state index in [4.69, 9.17) is 31.5 Å². The zero-order valence-electron chi connectivity index (χ0n) is 29.0. The molecule has 4 aromatic heterocycles. The molecule has 0 aliphatic heterocycles. The molecule has 10 heteroatoms. The largest absolute Gasteiger partial charge is 0.364 e. The van der Waals surface area contributed by atoms with Crippen molar-refractivity contribution in [1.82, 2.24) is 24.5 Å². The fourth-order valence-corrected chi connectivity index (χ4v) is 9.78. The summed E-state index contributed by atoms with van der Waals surface area (Å²) in [6, 6.07) is 34.5. The molecule has 0 amide bonds. The number of thiophene rings is 1. The molecule has 53 heavy (non-hydrogen) atoms. The number of aryl methyl sites for hydroxylation is 1. The van der Waals surface area contributed by atoms with Crippen molar-refractivity contribution in [2.45, 2.75) is 44.2 Å². The van der Waals surface area contributed by atoms with Crippen molar-refractivity contribution >= 4 is 46.2 Å². The molecule has 3 aromatic carbocycles. The minimum absolute atomic E-state index is 0.0804. The first-order valence-electron chi connectivity index (χ1n) is 18.0. The fourth-order valence-electron chi connectivity index (χ4n) is 8.80. The number of benzene rings is 3. The van der Waals surface area contributed by atoms with Gasteiger partial charge >= 0.3 is 0 Å². The summed E-state index contributed by atoms with van der Waals surface area (Å²) >= 11 is 8.08. The minimum atomic E-state index is -0.921. The van der Waals surface area contributed by atoms with Gasteiger partial charge in [-0.1, -0.05) is 103 Å². The molecule has 3 saturated carbocycles. The SMILES string of the molecule is Cc1ccc(-c2nc(-c3cn(C(c4ccccc4)(c4ccccc4)c4ccccc4)c4ncc(Cl)nc34)nc(NC3C4CCC(CC4)C3C=O)c2F)s1. The van der Waals surface area contributed by atoms with Crippen LogP contribution in [0.2, 0.25) is 5.15 Å². The van der Waals surface area contributed by atoms with Gasteiger partial charge in [0.05, 0.1) is 16.6 Å². The van der Waals surface area contributed by atoms with Crippen LogP contribution in [0.5, 0.6) is 0 Å². The van der Waals surface area contributed by atoms with Crippen molar-refractivity contribution in [3.63, 3.8) is 0 Å². The Labute approximate surface area is 316 Å². The standard InChI is InChI=1S/C43H36ClFN6OS/c1-26-17-22-34(53-26)39-36(45)41(48-37-28-20-18-27(19-21-28)33(37)25-52)50-40(49-39)32-24-51(42-38(32)47-35(44)23-46-42)43(29-11-5-2-6-12-29,30-13-7-3-8-14-30)31-15-9-4-10-16-31/h2-17,22-25,27-28,33,37H,18-21H2,1H3,(H,48,49,50). The molecular formula is C43H36ClFN6OS. The number of nitrogens with one attached hydrogen (secondary N) is 1. The second-order valence-electron chi connectivity index (χ2n) is 14.1. The van der Waals surface area contributed by atoms with Crippen LogP contribution in [0.15, 0.2) is 116 Å². The third kappa shape index (κ3) is 5.65. The smallest absolute Gasteiger partial charge is 0.192 e. The van der Waals surface area contributed by atoms with Crippen LogP contribution < -0.4 is 5.32 Å². The number of carbonyl (C=O) groups is 1. The molecule has 3 fully saturated rings. The maximum Gasteiger partial charge on any atom is 0.192 e. The number of nitrogens with zero attached hydrogens (tertiary/aromatic N) is 5. The quantitative estimate of drug-likeness (QED) is 0.117. The summed E-state index contributed by atoms with van der Waals surface area (Å²) in [6.07, 6.45) is 8.63. The number of fused-ring (bicyclic) bond motifs is 4. The Morgan fingerprint density at radius 1 is 0.830 bits per heavy atom. The van der Waals surface area contributed by atoms with Crippen LogP contribution in [0.25, 0.3) is 33.1 Å². The summed E-state index contributed by atoms with van der Waals surface area (Å²) in [7, 11) is 0. The van der Waals surface area contributed by atoms with Gasteiger partial charge in [-0.15, -0.1) is 11.3 Å². The Kier molecular flexibility index (Phi) is 8.63. The maximum absolute atomic E-state index is 16.8. The summed E-state index contributed by atoms with van der Waals surface area (Å²) < 4.78 is 18.9. The Hall–Kier alpha value is -5.25. The van der Waals surface area contributed by atoms with E-state index in [1.165, 1.54) is 11.3 Å². The number of anilines is 1. The number of hydrogen-bond donors (Lipinski definition) is 1. The third-order valence-electron chi connectivity index (χ3n) is 11.2. The second-order valence-corrected chi connectivity index (χ2v) is 15.8. The highest BCUT2D eigenvalue weighted by molar-refractivity contribution is 7.15. The van der Waals surface area contributed by atoms with Gasteiger partial charge < -0.3 is 14.7 Å². The zero-order chi connectivity index (χ0) is 36.1. The number of hydrogen-bond acceptors (Lipinski definition) is 7. The molecule has 0 radical (unpaired) electrons. The topological polar surface area (TPSA) is 85.6 Å². The lowest BCUT2D eigenvalue weighted by Gasteiger charge is -2.46. The lowest BCUT2D eigenvalue weighted by atomic mass is 9.62. The van der Waals surface area contributed by atoms with Crippen LogP contribution in [-0.4, -0.2) is 36.8 Å². The number of halogens is 2. The summed E-state index contributed by atoms with van der Waals surface area (Å²) in [5.41, 5.74) is 3.87. The molecule has 2 bridgehead atoms. The van der Waals surface area contributed by atoms with Gasteiger partial charge in [0.1, 0.15) is 28.2 Å². The van der Waals surface area contributed by atoms with Crippen molar-refractivity contribution < 1.29 is 9.18 Å². The molecule has 7 nitrogen and oxygen atoms in total. The number of aldehydes is 1. The minimum Gasteiger partial charge on any atom is -0.364 e. The van der Waals surface area contributed by atoms with Crippen molar-refractivity contribution in [2.24, 2.45) is 17.8 Å². The van der Waals surface area contributed by atoms with Crippen LogP contribution in [-0.2, 0) is 10.3 Å². The lowest BCUT2D eigenvalue weighted by molar-refractivity contribution is -0.116. The molecular weight excluding hydrogens is 703 g/mol. The molecule has 2 unspecified atom stereocenters. The fraction of sp³-hybridized carbons (Fsp3) is 0.233. The van der Waals surface area contributed by atoms with E-state index in [2.05, 4.69) is 46.3 Å². The lowest BCUT2D eigenvalue weighted by Crippen LogP contribution is -2.49. The average Bonchev–Trinajstić information content (AvgIpc) is 3.81. The van der Waals surface area contributed by atoms with E-state index in [1.54, 1.807) is 6.20 Å². The Morgan fingerprint density at radius 3 is 2.00 bits per heavy atom. The van der Waals surface area contributed by atoms with Crippen LogP contribution >= 0.6 is 22.9 Å². The molecule has 3 aliphatic carbocycles. The predicted molar refractivity (Wildman–Crippen MR) is 209 cm³/mol. The number of aromatic nitrogens is 5. The van der Waals surface area contributed by atoms with Gasteiger partial charge in [0, 0.05) is 23.0 Å². The Morgan fingerprint density at radius 2 is 1.43 bits per heavy atom. The summed E-state index contributed by atoms with van der Waals surface area (Å²) in [4.78, 5) is 33.8. The first kappa shape index (κ1) is 33.6. The molecule has 2 atom stereocenters. The monoisotopic (exact) mass is 738 g/mol. The molecule has 264 valence electrons. The Balaban J connectivity index is 1.32. The highest BCUT2D eigenvalue weighted by Crippen LogP contribution is 2.47. The summed E-state index contributed by atoms with van der Waals surface area (Å²) in [5, 5.41) is 3.67. The average molecular weight is 739 g/mol. The molecule has 1 N–H and O–H groups in total. The highest BCUT2D eigenvalue weighted by Gasteiger charge is 2.45. The van der Waals surface area contributed by atoms with E-state index >= 15 is 4.39 Å². The first-order valence-corrected chi connectivity index (χ1v) is 19.2. The van der Waals surface area contributed by atoms with E-state index in [0.29, 0.717) is 21.6 Å². The zero-order valence-corrected chi connectivity index (χ0v) is 30.6. The van der Waals surface area contributed by atoms with Crippen LogP contribution in [0.1, 0.15) is 47.3 Å². The van der Waals surface area contributed by atoms with Crippen molar-refractivity contribution in [1.29, 1.82) is 0 Å². The van der Waals surface area contributed by atoms with Crippen molar-refractivity contribution in [3.05, 3.63) is 148 Å². The highest BCUT2D eigenvalue weighted by atomic mass is 35.5. The van der Waals surface area contributed by atoms with Gasteiger partial charge in [-0.3, -0.25) is 0 Å². The van der Waals surface area contributed by atoms with E-state index in [9.17, 15) is 4.79 Å². The van der Waals surface area contributed by atoms with E-state index in [0.717, 1.165) is 53.5 Å². The maximum atomic E-state index is 16.8. The molecule has 7 aromatic rings. The van der Waals surface area contributed by atoms with Crippen LogP contribution in [0, 0.1) is 30.5 Å². The van der Waals surface area contributed by atoms with E-state index < -0.39 is 11.4 Å². The molecule has 3 aliphatic rings. The summed E-state index contributed by atoms with van der Waals surface area (Å²) in [6.45, 7) is 1.99. The van der Waals surface area contributed by atoms with E-state index in [1.807, 2.05) is 79.9 Å². The number of rotatable bonds is 9. The van der Waals surface area contributed by atoms with Gasteiger partial charge in [-0.05, 0) is 73.3 Å². The predicted octanol–water partition coefficient (Wildman–Crippen LogP) is 9.97. The molecule has 4 heterocycles. The van der Waals surface area contributed by atoms with Crippen LogP contribution in [0.3, 0.4) is 0 Å². The number of carbonyl (C=O) groups excluding carboxylic acids is 1. The normalized spacial score (nSPS) is 19.8. The van der Waals surface area contributed by atoms with E-state index in [-0.39, 0.29) is 46.3 Å². The van der Waals surface area contributed by atoms with Gasteiger partial charge in [0.15, 0.2) is 23.1 Å². The van der Waals surface area contributed by atoms with Gasteiger partial charge in [0.25, 0.3) is 0 Å². The molecule has 0 spiro atoms. The summed E-state index contributed by atoms with van der Waals surface area (Å²) in [5.74, 6) is 0.162. The van der Waals surface area contributed by atoms with Gasteiger partial charge in [0.2, 0.25) is 0 Å². The van der Waals surface area contributed by atoms with Crippen molar-refractivity contribution in [2.75, 3.05) is 5.32 Å². The van der Waals surface area contributed by atoms with Crippen molar-refractivity contribution in [3.8, 4) is 22.0 Å². The van der Waals surface area contributed by atoms with Gasteiger partial charge in [-0.2, -0.15) is 0 Å². The Bertz CT molecular complexity index is 2330. The van der Waals surface area contributed by atoms with Crippen LogP contribution in [0.4, 0.5) is 10.2 Å². The molecule has 0 saturated heterocycles.